The molecule has 28 heavy (non-hydrogen) atoms. The molecule has 150 valence electrons. The molecule has 0 radical (unpaired) electrons. The Morgan fingerprint density at radius 1 is 1.29 bits per heavy atom. The molecule has 4 rings (SSSR count). The summed E-state index contributed by atoms with van der Waals surface area (Å²) in [5, 5.41) is 12.4. The number of carbonyl (C=O) groups is 2. The van der Waals surface area contributed by atoms with Crippen LogP contribution in [0.4, 0.5) is 9.93 Å². The minimum Gasteiger partial charge on any atom is -0.356 e. The Balaban J connectivity index is 1.22. The molecule has 2 N–H and O–H groups in total. The van der Waals surface area contributed by atoms with Gasteiger partial charge < -0.3 is 10.6 Å². The van der Waals surface area contributed by atoms with Crippen molar-refractivity contribution in [3.63, 3.8) is 0 Å². The van der Waals surface area contributed by atoms with E-state index in [9.17, 15) is 14.4 Å². The lowest BCUT2D eigenvalue weighted by molar-refractivity contribution is -0.120. The number of carbonyl (C=O) groups excluding carboxylic acids is 2. The fourth-order valence-corrected chi connectivity index (χ4v) is 4.28. The van der Waals surface area contributed by atoms with Gasteiger partial charge in [-0.05, 0) is 19.3 Å². The molecule has 2 aliphatic heterocycles. The normalized spacial score (nSPS) is 16.1. The lowest BCUT2D eigenvalue weighted by Gasteiger charge is -2.09. The number of nitrogens with zero attached hydrogens (tertiary/aromatic N) is 5. The molecule has 10 nitrogen and oxygen atoms in total. The molecule has 1 fully saturated rings. The van der Waals surface area contributed by atoms with E-state index in [0.717, 1.165) is 31.6 Å². The van der Waals surface area contributed by atoms with Crippen molar-refractivity contribution >= 4 is 28.4 Å². The van der Waals surface area contributed by atoms with E-state index in [2.05, 4.69) is 20.7 Å². The van der Waals surface area contributed by atoms with Crippen LogP contribution in [0.1, 0.15) is 30.8 Å². The van der Waals surface area contributed by atoms with Crippen LogP contribution in [-0.2, 0) is 30.7 Å². The molecule has 0 aliphatic carbocycles. The largest absolute Gasteiger partial charge is 0.356 e. The fraction of sp³-hybridized carbons (Fsp3) is 0.588. The predicted octanol–water partition coefficient (Wildman–Crippen LogP) is 0.116. The van der Waals surface area contributed by atoms with E-state index in [-0.39, 0.29) is 24.0 Å². The first-order valence-electron chi connectivity index (χ1n) is 9.55. The number of fused-ring (bicyclic) bond motifs is 1. The lowest BCUT2D eigenvalue weighted by Crippen LogP contribution is -2.30. The number of anilines is 1. The highest BCUT2D eigenvalue weighted by molar-refractivity contribution is 7.14. The van der Waals surface area contributed by atoms with Crippen LogP contribution in [0.15, 0.2) is 10.2 Å². The van der Waals surface area contributed by atoms with Gasteiger partial charge in [-0.1, -0.05) is 0 Å². The van der Waals surface area contributed by atoms with Crippen molar-refractivity contribution in [3.05, 3.63) is 27.4 Å². The molecule has 1 saturated heterocycles. The van der Waals surface area contributed by atoms with Crippen LogP contribution in [-0.4, -0.2) is 50.9 Å². The number of hydrogen-bond acceptors (Lipinski definition) is 6. The van der Waals surface area contributed by atoms with E-state index in [4.69, 9.17) is 0 Å². The third-order valence-electron chi connectivity index (χ3n) is 4.87. The van der Waals surface area contributed by atoms with E-state index < -0.39 is 0 Å². The number of urea groups is 1. The van der Waals surface area contributed by atoms with Gasteiger partial charge in [-0.25, -0.2) is 19.3 Å². The number of aryl methyl sites for hydroxylation is 2. The van der Waals surface area contributed by atoms with Crippen LogP contribution in [0.2, 0.25) is 0 Å². The number of nitrogens with one attached hydrogen (secondary N) is 2. The first-order valence-corrected chi connectivity index (χ1v) is 10.4. The van der Waals surface area contributed by atoms with Gasteiger partial charge in [-0.2, -0.15) is 5.10 Å². The van der Waals surface area contributed by atoms with Crippen molar-refractivity contribution < 1.29 is 9.59 Å². The standard InChI is InChI=1S/C17H23N7O3S/c25-14(10-12-11-28-16(20-12)23-9-6-19-15(23)26)18-5-3-8-24-17(27)22-7-2-1-4-13(22)21-24/h11H,1-10H2,(H,18,25)(H,19,26). The average molecular weight is 405 g/mol. The Morgan fingerprint density at radius 2 is 2.18 bits per heavy atom. The van der Waals surface area contributed by atoms with Gasteiger partial charge in [0.15, 0.2) is 5.13 Å². The highest BCUT2D eigenvalue weighted by Crippen LogP contribution is 2.22. The zero-order valence-electron chi connectivity index (χ0n) is 15.5. The molecular weight excluding hydrogens is 382 g/mol. The van der Waals surface area contributed by atoms with E-state index in [1.807, 2.05) is 0 Å². The topological polar surface area (TPSA) is 114 Å². The smallest absolute Gasteiger partial charge is 0.345 e. The van der Waals surface area contributed by atoms with E-state index in [1.54, 1.807) is 14.8 Å². The van der Waals surface area contributed by atoms with Gasteiger partial charge >= 0.3 is 11.7 Å². The summed E-state index contributed by atoms with van der Waals surface area (Å²) in [6, 6.07) is -0.151. The second-order valence-corrected chi connectivity index (χ2v) is 7.75. The SMILES string of the molecule is O=C(Cc1csc(N2CCNC2=O)n1)NCCCn1nc2n(c1=O)CCCC2. The van der Waals surface area contributed by atoms with E-state index in [1.165, 1.54) is 16.0 Å². The van der Waals surface area contributed by atoms with Crippen LogP contribution < -0.4 is 21.2 Å². The maximum Gasteiger partial charge on any atom is 0.345 e. The maximum atomic E-state index is 12.3. The van der Waals surface area contributed by atoms with Gasteiger partial charge in [0.05, 0.1) is 12.1 Å². The van der Waals surface area contributed by atoms with Crippen LogP contribution in [0.5, 0.6) is 0 Å². The highest BCUT2D eigenvalue weighted by Gasteiger charge is 2.24. The highest BCUT2D eigenvalue weighted by atomic mass is 32.1. The van der Waals surface area contributed by atoms with Crippen molar-refractivity contribution in [1.29, 1.82) is 0 Å². The van der Waals surface area contributed by atoms with Crippen molar-refractivity contribution in [1.82, 2.24) is 30.0 Å². The van der Waals surface area contributed by atoms with Gasteiger partial charge in [0.1, 0.15) is 5.82 Å². The number of rotatable bonds is 7. The quantitative estimate of drug-likeness (QED) is 0.635. The van der Waals surface area contributed by atoms with E-state index in [0.29, 0.717) is 43.4 Å². The summed E-state index contributed by atoms with van der Waals surface area (Å²) < 4.78 is 3.25. The number of hydrogen-bond donors (Lipinski definition) is 2. The second-order valence-electron chi connectivity index (χ2n) is 6.92. The Morgan fingerprint density at radius 3 is 2.96 bits per heavy atom. The minimum atomic E-state index is -0.151. The third kappa shape index (κ3) is 3.93. The second kappa shape index (κ2) is 8.13. The summed E-state index contributed by atoms with van der Waals surface area (Å²) in [5.74, 6) is 0.741. The summed E-state index contributed by atoms with van der Waals surface area (Å²) in [4.78, 5) is 42.0. The van der Waals surface area contributed by atoms with Crippen LogP contribution in [0, 0.1) is 0 Å². The molecular formula is C17H23N7O3S. The molecule has 2 aromatic heterocycles. The third-order valence-corrected chi connectivity index (χ3v) is 5.78. The first-order chi connectivity index (χ1) is 13.6. The minimum absolute atomic E-state index is 0.0537. The Hall–Kier alpha value is -2.69. The zero-order valence-corrected chi connectivity index (χ0v) is 16.3. The van der Waals surface area contributed by atoms with Crippen LogP contribution in [0.3, 0.4) is 0 Å². The van der Waals surface area contributed by atoms with Gasteiger partial charge in [-0.3, -0.25) is 14.3 Å². The van der Waals surface area contributed by atoms with Gasteiger partial charge in [0, 0.05) is 44.5 Å². The van der Waals surface area contributed by atoms with Crippen molar-refractivity contribution in [2.24, 2.45) is 0 Å². The predicted molar refractivity (Wildman–Crippen MR) is 104 cm³/mol. The maximum absolute atomic E-state index is 12.3. The van der Waals surface area contributed by atoms with Crippen molar-refractivity contribution in [2.75, 3.05) is 24.5 Å². The molecule has 2 aliphatic rings. The molecule has 11 heteroatoms. The van der Waals surface area contributed by atoms with Crippen LogP contribution >= 0.6 is 11.3 Å². The molecule has 4 heterocycles. The van der Waals surface area contributed by atoms with Gasteiger partial charge in [0.2, 0.25) is 5.91 Å². The molecule has 3 amide bonds. The zero-order chi connectivity index (χ0) is 19.5. The molecule has 0 bridgehead atoms. The molecule has 0 saturated carbocycles. The number of amides is 3. The van der Waals surface area contributed by atoms with Gasteiger partial charge in [-0.15, -0.1) is 11.3 Å². The Bertz CT molecular complexity index is 932. The Labute approximate surface area is 165 Å². The number of aromatic nitrogens is 4. The summed E-state index contributed by atoms with van der Waals surface area (Å²) in [6.45, 7) is 2.91. The molecule has 0 spiro atoms. The van der Waals surface area contributed by atoms with E-state index >= 15 is 0 Å². The summed E-state index contributed by atoms with van der Waals surface area (Å²) >= 11 is 1.36. The summed E-state index contributed by atoms with van der Waals surface area (Å²) in [6.07, 6.45) is 3.76. The van der Waals surface area contributed by atoms with Crippen molar-refractivity contribution in [3.8, 4) is 0 Å². The first kappa shape index (κ1) is 18.7. The fourth-order valence-electron chi connectivity index (χ4n) is 3.43. The Kier molecular flexibility index (Phi) is 5.42. The molecule has 0 aromatic carbocycles. The molecule has 2 aromatic rings. The monoisotopic (exact) mass is 405 g/mol. The average Bonchev–Trinajstić information content (AvgIpc) is 3.39. The number of thiazole rings is 1. The van der Waals surface area contributed by atoms with Crippen molar-refractivity contribution in [2.45, 2.75) is 45.2 Å². The summed E-state index contributed by atoms with van der Waals surface area (Å²) in [5.41, 5.74) is 0.595. The van der Waals surface area contributed by atoms with Crippen LogP contribution in [0.25, 0.3) is 0 Å². The molecule has 0 atom stereocenters. The molecule has 0 unspecified atom stereocenters. The lowest BCUT2D eigenvalue weighted by atomic mass is 10.2. The van der Waals surface area contributed by atoms with Gasteiger partial charge in [0.25, 0.3) is 0 Å². The summed E-state index contributed by atoms with van der Waals surface area (Å²) in [7, 11) is 0.